The van der Waals surface area contributed by atoms with Crippen LogP contribution in [0.1, 0.15) is 5.69 Å². The number of methoxy groups -OCH3 is 1. The van der Waals surface area contributed by atoms with Gasteiger partial charge in [0.2, 0.25) is 5.75 Å². The van der Waals surface area contributed by atoms with Crippen LogP contribution in [0, 0.1) is 11.3 Å². The molecule has 4 rings (SSSR count). The number of benzene rings is 1. The van der Waals surface area contributed by atoms with E-state index in [1.165, 1.54) is 43.9 Å². The molecular weight excluding hydrogens is 500 g/mol. The molecule has 0 aliphatic carbocycles. The molecular formula is C24H20N6O6S. The van der Waals surface area contributed by atoms with E-state index in [9.17, 15) is 18.8 Å². The second-order valence-electron chi connectivity index (χ2n) is 7.19. The van der Waals surface area contributed by atoms with Gasteiger partial charge in [0.05, 0.1) is 13.7 Å². The van der Waals surface area contributed by atoms with Crippen molar-refractivity contribution in [1.29, 1.82) is 5.26 Å². The number of para-hydroxylation sites is 2. The minimum Gasteiger partial charge on any atom is -0.493 e. The molecule has 1 aromatic carbocycles. The van der Waals surface area contributed by atoms with Crippen molar-refractivity contribution in [2.75, 3.05) is 25.0 Å². The summed E-state index contributed by atoms with van der Waals surface area (Å²) in [6.07, 6.45) is 4.01. The summed E-state index contributed by atoms with van der Waals surface area (Å²) < 4.78 is 45.7. The summed E-state index contributed by atoms with van der Waals surface area (Å²) in [7, 11) is -2.72. The van der Waals surface area contributed by atoms with Gasteiger partial charge in [-0.25, -0.2) is 18.4 Å². The summed E-state index contributed by atoms with van der Waals surface area (Å²) in [4.78, 5) is 16.4. The van der Waals surface area contributed by atoms with E-state index < -0.39 is 10.0 Å². The van der Waals surface area contributed by atoms with E-state index in [0.29, 0.717) is 11.3 Å². The summed E-state index contributed by atoms with van der Waals surface area (Å²) in [6.45, 7) is -0.522. The van der Waals surface area contributed by atoms with E-state index in [4.69, 9.17) is 14.2 Å². The minimum absolute atomic E-state index is 0.0168. The molecule has 2 N–H and O–H groups in total. The Hall–Kier alpha value is -4.80. The van der Waals surface area contributed by atoms with Gasteiger partial charge in [-0.15, -0.1) is 0 Å². The lowest BCUT2D eigenvalue weighted by Gasteiger charge is -2.18. The van der Waals surface area contributed by atoms with E-state index in [0.717, 1.165) is 0 Å². The molecule has 37 heavy (non-hydrogen) atoms. The summed E-state index contributed by atoms with van der Waals surface area (Å²) in [5.41, 5.74) is 0.469. The topological polar surface area (TPSA) is 169 Å². The zero-order chi connectivity index (χ0) is 26.3. The molecule has 3 heterocycles. The van der Waals surface area contributed by atoms with Crippen LogP contribution in [0.25, 0.3) is 11.4 Å². The fraction of sp³-hybridized carbons (Fsp3) is 0.125. The normalized spacial score (nSPS) is 10.8. The van der Waals surface area contributed by atoms with Gasteiger partial charge in [-0.1, -0.05) is 12.1 Å². The molecule has 3 aromatic heterocycles. The van der Waals surface area contributed by atoms with Crippen molar-refractivity contribution in [1.82, 2.24) is 19.9 Å². The molecule has 13 heteroatoms. The van der Waals surface area contributed by atoms with Gasteiger partial charge < -0.3 is 19.3 Å². The first kappa shape index (κ1) is 25.3. The molecule has 0 atom stereocenters. The summed E-state index contributed by atoms with van der Waals surface area (Å²) >= 11 is 0. The quantitative estimate of drug-likeness (QED) is 0.315. The minimum atomic E-state index is -4.18. The molecule has 0 saturated heterocycles. The third-order valence-corrected chi connectivity index (χ3v) is 6.08. The first-order valence-electron chi connectivity index (χ1n) is 10.7. The van der Waals surface area contributed by atoms with Crippen molar-refractivity contribution in [3.05, 3.63) is 72.8 Å². The summed E-state index contributed by atoms with van der Waals surface area (Å²) in [5, 5.41) is 18.6. The number of rotatable bonds is 10. The van der Waals surface area contributed by atoms with Gasteiger partial charge in [0.1, 0.15) is 23.3 Å². The maximum atomic E-state index is 13.2. The number of aliphatic hydroxyl groups excluding tert-OH is 1. The number of anilines is 1. The van der Waals surface area contributed by atoms with E-state index >= 15 is 0 Å². The van der Waals surface area contributed by atoms with Gasteiger partial charge in [-0.05, 0) is 36.4 Å². The van der Waals surface area contributed by atoms with Crippen molar-refractivity contribution >= 4 is 15.8 Å². The first-order chi connectivity index (χ1) is 17.9. The number of aromatic nitrogens is 4. The van der Waals surface area contributed by atoms with Crippen LogP contribution in [0.2, 0.25) is 0 Å². The van der Waals surface area contributed by atoms with Crippen LogP contribution in [0.15, 0.2) is 72.0 Å². The fourth-order valence-corrected chi connectivity index (χ4v) is 4.06. The largest absolute Gasteiger partial charge is 0.493 e. The van der Waals surface area contributed by atoms with Crippen molar-refractivity contribution in [2.45, 2.75) is 4.90 Å². The highest BCUT2D eigenvalue weighted by Crippen LogP contribution is 2.41. The second-order valence-corrected chi connectivity index (χ2v) is 8.87. The molecule has 0 spiro atoms. The maximum absolute atomic E-state index is 13.2. The Morgan fingerprint density at radius 1 is 1.08 bits per heavy atom. The molecule has 0 fully saturated rings. The Morgan fingerprint density at radius 2 is 1.89 bits per heavy atom. The third kappa shape index (κ3) is 5.89. The molecule has 0 aliphatic heterocycles. The first-order valence-corrected chi connectivity index (χ1v) is 12.2. The molecule has 12 nitrogen and oxygen atoms in total. The van der Waals surface area contributed by atoms with Crippen LogP contribution in [0.5, 0.6) is 23.1 Å². The highest BCUT2D eigenvalue weighted by Gasteiger charge is 2.25. The lowest BCUT2D eigenvalue weighted by atomic mass is 10.2. The highest BCUT2D eigenvalue weighted by molar-refractivity contribution is 7.92. The van der Waals surface area contributed by atoms with Crippen molar-refractivity contribution in [3.8, 4) is 40.6 Å². The number of pyridine rings is 2. The van der Waals surface area contributed by atoms with Gasteiger partial charge in [0, 0.05) is 24.2 Å². The Kier molecular flexibility index (Phi) is 7.72. The van der Waals surface area contributed by atoms with Gasteiger partial charge in [-0.2, -0.15) is 10.2 Å². The Morgan fingerprint density at radius 3 is 2.59 bits per heavy atom. The third-order valence-electron chi connectivity index (χ3n) is 4.75. The average Bonchev–Trinajstić information content (AvgIpc) is 2.93. The number of ether oxygens (including phenoxy) is 3. The number of hydrogen-bond acceptors (Lipinski definition) is 11. The Balaban J connectivity index is 1.91. The second kappa shape index (κ2) is 11.3. The SMILES string of the molecule is COc1ccccc1Oc1c(NS(=O)(=O)c2cccnc2)nc(-c2ccnc(C#N)c2)nc1OCCO. The monoisotopic (exact) mass is 520 g/mol. The highest BCUT2D eigenvalue weighted by atomic mass is 32.2. The lowest BCUT2D eigenvalue weighted by Crippen LogP contribution is -2.16. The van der Waals surface area contributed by atoms with Crippen molar-refractivity contribution in [3.63, 3.8) is 0 Å². The van der Waals surface area contributed by atoms with Crippen LogP contribution < -0.4 is 18.9 Å². The smallest absolute Gasteiger partial charge is 0.264 e. The average molecular weight is 521 g/mol. The maximum Gasteiger partial charge on any atom is 0.264 e. The lowest BCUT2D eigenvalue weighted by molar-refractivity contribution is 0.192. The fourth-order valence-electron chi connectivity index (χ4n) is 3.10. The molecule has 4 aromatic rings. The number of sulfonamides is 1. The number of nitriles is 1. The van der Waals surface area contributed by atoms with E-state index in [-0.39, 0.29) is 52.8 Å². The van der Waals surface area contributed by atoms with Crippen molar-refractivity contribution in [2.24, 2.45) is 0 Å². The predicted octanol–water partition coefficient (Wildman–Crippen LogP) is 2.78. The molecule has 0 saturated carbocycles. The predicted molar refractivity (Wildman–Crippen MR) is 131 cm³/mol. The van der Waals surface area contributed by atoms with E-state index in [1.807, 2.05) is 6.07 Å². The van der Waals surface area contributed by atoms with Crippen LogP contribution >= 0.6 is 0 Å². The van der Waals surface area contributed by atoms with Crippen LogP contribution in [-0.4, -0.2) is 53.8 Å². The van der Waals surface area contributed by atoms with Gasteiger partial charge >= 0.3 is 0 Å². The molecule has 188 valence electrons. The number of hydrogen-bond donors (Lipinski definition) is 2. The van der Waals surface area contributed by atoms with Gasteiger partial charge in [0.25, 0.3) is 15.9 Å². The van der Waals surface area contributed by atoms with E-state index in [1.54, 1.807) is 30.3 Å². The van der Waals surface area contributed by atoms with Crippen LogP contribution in [-0.2, 0) is 10.0 Å². The van der Waals surface area contributed by atoms with Crippen molar-refractivity contribution < 1.29 is 27.7 Å². The standard InChI is InChI=1S/C24H20N6O6S/c1-34-19-6-2-3-7-20(19)36-21-23(30-37(32,33)18-5-4-9-26-15-18)28-22(29-24(21)35-12-11-31)16-8-10-27-17(13-16)14-25/h2-10,13,15,31H,11-12H2,1H3,(H,28,29,30). The number of aliphatic hydroxyl groups is 1. The van der Waals surface area contributed by atoms with Crippen LogP contribution in [0.4, 0.5) is 5.82 Å². The number of nitrogens with one attached hydrogen (secondary N) is 1. The van der Waals surface area contributed by atoms with Gasteiger partial charge in [0.15, 0.2) is 23.1 Å². The van der Waals surface area contributed by atoms with Gasteiger partial charge in [-0.3, -0.25) is 9.71 Å². The summed E-state index contributed by atoms with van der Waals surface area (Å²) in [5.74, 6) is 0.000242. The molecule has 0 bridgehead atoms. The Labute approximate surface area is 212 Å². The molecule has 0 aliphatic rings. The summed E-state index contributed by atoms with van der Waals surface area (Å²) in [6, 6.07) is 14.4. The molecule has 0 unspecified atom stereocenters. The molecule has 0 radical (unpaired) electrons. The Bertz CT molecular complexity index is 1540. The molecule has 0 amide bonds. The van der Waals surface area contributed by atoms with Crippen LogP contribution in [0.3, 0.4) is 0 Å². The zero-order valence-electron chi connectivity index (χ0n) is 19.4. The van der Waals surface area contributed by atoms with E-state index in [2.05, 4.69) is 24.7 Å². The zero-order valence-corrected chi connectivity index (χ0v) is 20.2. The number of nitrogens with zero attached hydrogens (tertiary/aromatic N) is 5.